The first-order valence-electron chi connectivity index (χ1n) is 10.2. The van der Waals surface area contributed by atoms with E-state index >= 15 is 4.39 Å². The molecule has 3 amide bonds. The molecule has 1 saturated carbocycles. The zero-order valence-corrected chi connectivity index (χ0v) is 17.3. The van der Waals surface area contributed by atoms with Gasteiger partial charge in [0, 0.05) is 18.7 Å². The van der Waals surface area contributed by atoms with Crippen molar-refractivity contribution in [2.24, 2.45) is 5.92 Å². The minimum atomic E-state index is -4.27. The summed E-state index contributed by atoms with van der Waals surface area (Å²) in [6.07, 6.45) is 6.10. The van der Waals surface area contributed by atoms with E-state index in [2.05, 4.69) is 5.32 Å². The van der Waals surface area contributed by atoms with Crippen LogP contribution >= 0.6 is 0 Å². The Bertz CT molecular complexity index is 978. The van der Waals surface area contributed by atoms with E-state index in [0.717, 1.165) is 12.8 Å². The van der Waals surface area contributed by atoms with E-state index in [1.165, 1.54) is 30.2 Å². The van der Waals surface area contributed by atoms with Crippen LogP contribution in [0.15, 0.2) is 6.07 Å². The zero-order chi connectivity index (χ0) is 21.5. The van der Waals surface area contributed by atoms with Gasteiger partial charge < -0.3 is 15.3 Å². The SMILES string of the molecule is O=C1CN(c2c(O)cc3c(c2F)CN(C(=O)NCC2CCCCC2)CC3)S(=O)(=O)N1. The number of fused-ring (bicyclic) bond motifs is 1. The van der Waals surface area contributed by atoms with Gasteiger partial charge in [-0.1, -0.05) is 19.3 Å². The monoisotopic (exact) mass is 440 g/mol. The number of rotatable bonds is 3. The molecule has 2 fully saturated rings. The molecule has 11 heteroatoms. The van der Waals surface area contributed by atoms with Crippen LogP contribution in [-0.2, 0) is 28.0 Å². The lowest BCUT2D eigenvalue weighted by molar-refractivity contribution is -0.117. The van der Waals surface area contributed by atoms with Gasteiger partial charge in [0.2, 0.25) is 0 Å². The van der Waals surface area contributed by atoms with Gasteiger partial charge in [-0.05, 0) is 36.8 Å². The van der Waals surface area contributed by atoms with Crippen molar-refractivity contribution < 1.29 is 27.5 Å². The van der Waals surface area contributed by atoms with Crippen molar-refractivity contribution in [2.75, 3.05) is 23.9 Å². The van der Waals surface area contributed by atoms with Gasteiger partial charge in [0.05, 0.1) is 6.54 Å². The molecule has 1 aromatic carbocycles. The fourth-order valence-electron chi connectivity index (χ4n) is 4.43. The second-order valence-electron chi connectivity index (χ2n) is 8.09. The van der Waals surface area contributed by atoms with E-state index in [-0.39, 0.29) is 18.1 Å². The minimum absolute atomic E-state index is 0.0415. The van der Waals surface area contributed by atoms with E-state index in [4.69, 9.17) is 0 Å². The standard InChI is InChI=1S/C19H25FN4O5S/c20-17-14-10-23(19(27)21-9-12-4-2-1-3-5-12)7-6-13(14)8-15(25)18(17)24-11-16(26)22-30(24,28)29/h8,12,25H,1-7,9-11H2,(H,21,27)(H,22,26). The fourth-order valence-corrected chi connectivity index (χ4v) is 5.59. The predicted molar refractivity (Wildman–Crippen MR) is 107 cm³/mol. The van der Waals surface area contributed by atoms with Gasteiger partial charge >= 0.3 is 16.2 Å². The van der Waals surface area contributed by atoms with Crippen LogP contribution in [0.1, 0.15) is 43.2 Å². The molecule has 164 valence electrons. The van der Waals surface area contributed by atoms with Crippen molar-refractivity contribution in [3.05, 3.63) is 23.0 Å². The molecule has 1 aliphatic carbocycles. The van der Waals surface area contributed by atoms with Gasteiger partial charge in [0.15, 0.2) is 5.82 Å². The van der Waals surface area contributed by atoms with Gasteiger partial charge in [-0.2, -0.15) is 8.42 Å². The number of carbonyl (C=O) groups is 2. The van der Waals surface area contributed by atoms with Gasteiger partial charge in [0.1, 0.15) is 18.0 Å². The average molecular weight is 440 g/mol. The van der Waals surface area contributed by atoms with Crippen LogP contribution in [-0.4, -0.2) is 50.0 Å². The first kappa shape index (κ1) is 20.7. The molecule has 0 atom stereocenters. The molecule has 3 aliphatic rings. The third-order valence-electron chi connectivity index (χ3n) is 6.04. The summed E-state index contributed by atoms with van der Waals surface area (Å²) in [7, 11) is -4.27. The van der Waals surface area contributed by atoms with Crippen LogP contribution in [0.2, 0.25) is 0 Å². The molecule has 3 N–H and O–H groups in total. The van der Waals surface area contributed by atoms with Crippen LogP contribution in [0, 0.1) is 11.7 Å². The van der Waals surface area contributed by atoms with E-state index in [9.17, 15) is 23.1 Å². The molecule has 1 saturated heterocycles. The largest absolute Gasteiger partial charge is 0.506 e. The number of hydrogen-bond acceptors (Lipinski definition) is 5. The van der Waals surface area contributed by atoms with Gasteiger partial charge in [0.25, 0.3) is 5.91 Å². The maximum absolute atomic E-state index is 15.3. The summed E-state index contributed by atoms with van der Waals surface area (Å²) in [5, 5.41) is 13.2. The first-order valence-corrected chi connectivity index (χ1v) is 11.6. The van der Waals surface area contributed by atoms with Gasteiger partial charge in [-0.3, -0.25) is 4.79 Å². The van der Waals surface area contributed by atoms with Crippen LogP contribution in [0.4, 0.5) is 14.9 Å². The highest BCUT2D eigenvalue weighted by Crippen LogP contribution is 2.39. The van der Waals surface area contributed by atoms with E-state index in [0.29, 0.717) is 35.3 Å². The highest BCUT2D eigenvalue weighted by Gasteiger charge is 2.39. The van der Waals surface area contributed by atoms with E-state index in [1.807, 2.05) is 0 Å². The third-order valence-corrected chi connectivity index (χ3v) is 7.42. The highest BCUT2D eigenvalue weighted by molar-refractivity contribution is 7.92. The second kappa shape index (κ2) is 7.93. The topological polar surface area (TPSA) is 119 Å². The normalized spacial score (nSPS) is 21.3. The summed E-state index contributed by atoms with van der Waals surface area (Å²) in [6.45, 7) is 0.298. The van der Waals surface area contributed by atoms with Crippen molar-refractivity contribution in [3.63, 3.8) is 0 Å². The van der Waals surface area contributed by atoms with Crippen LogP contribution in [0.25, 0.3) is 0 Å². The second-order valence-corrected chi connectivity index (χ2v) is 9.69. The van der Waals surface area contributed by atoms with Crippen LogP contribution < -0.4 is 14.3 Å². The number of nitrogens with one attached hydrogen (secondary N) is 2. The summed E-state index contributed by atoms with van der Waals surface area (Å²) in [4.78, 5) is 25.6. The molecule has 4 rings (SSSR count). The van der Waals surface area contributed by atoms with Crippen LogP contribution in [0.5, 0.6) is 5.75 Å². The predicted octanol–water partition coefficient (Wildman–Crippen LogP) is 1.36. The molecule has 30 heavy (non-hydrogen) atoms. The lowest BCUT2D eigenvalue weighted by atomic mass is 9.89. The Morgan fingerprint density at radius 3 is 2.67 bits per heavy atom. The average Bonchev–Trinajstić information content (AvgIpc) is 2.98. The fraction of sp³-hybridized carbons (Fsp3) is 0.579. The van der Waals surface area contributed by atoms with Crippen molar-refractivity contribution in [3.8, 4) is 5.75 Å². The number of hydrogen-bond donors (Lipinski definition) is 3. The third kappa shape index (κ3) is 3.90. The Morgan fingerprint density at radius 2 is 2.00 bits per heavy atom. The van der Waals surface area contributed by atoms with Gasteiger partial charge in [-0.15, -0.1) is 0 Å². The Labute approximate surface area is 174 Å². The molecule has 2 aliphatic heterocycles. The van der Waals surface area contributed by atoms with E-state index < -0.39 is 39.9 Å². The number of benzene rings is 1. The summed E-state index contributed by atoms with van der Waals surface area (Å²) in [5.74, 6) is -1.84. The van der Waals surface area contributed by atoms with Crippen molar-refractivity contribution >= 4 is 27.8 Å². The summed E-state index contributed by atoms with van der Waals surface area (Å²) in [5.41, 5.74) is 0.0916. The molecular formula is C19H25FN4O5S. The Morgan fingerprint density at radius 1 is 1.27 bits per heavy atom. The number of urea groups is 1. The number of phenolic OH excluding ortho intramolecular Hbond substituents is 1. The number of halogens is 1. The number of aromatic hydroxyl groups is 1. The number of anilines is 1. The Kier molecular flexibility index (Phi) is 5.48. The number of nitrogens with zero attached hydrogens (tertiary/aromatic N) is 2. The molecule has 9 nitrogen and oxygen atoms in total. The van der Waals surface area contributed by atoms with E-state index in [1.54, 1.807) is 4.72 Å². The zero-order valence-electron chi connectivity index (χ0n) is 16.5. The van der Waals surface area contributed by atoms with Crippen molar-refractivity contribution in [1.29, 1.82) is 0 Å². The molecule has 0 bridgehead atoms. The van der Waals surface area contributed by atoms with Crippen molar-refractivity contribution in [2.45, 2.75) is 45.1 Å². The smallest absolute Gasteiger partial charge is 0.326 e. The molecule has 0 unspecified atom stereocenters. The molecule has 1 aromatic rings. The minimum Gasteiger partial charge on any atom is -0.506 e. The lowest BCUT2D eigenvalue weighted by Gasteiger charge is -2.31. The Hall–Kier alpha value is -2.56. The molecule has 0 radical (unpaired) electrons. The maximum atomic E-state index is 15.3. The molecule has 0 spiro atoms. The summed E-state index contributed by atoms with van der Waals surface area (Å²) in [6, 6.07) is 1.02. The number of phenols is 1. The van der Waals surface area contributed by atoms with Crippen LogP contribution in [0.3, 0.4) is 0 Å². The quantitative estimate of drug-likeness (QED) is 0.656. The highest BCUT2D eigenvalue weighted by atomic mass is 32.2. The Balaban J connectivity index is 1.53. The lowest BCUT2D eigenvalue weighted by Crippen LogP contribution is -2.44. The number of amides is 3. The van der Waals surface area contributed by atoms with Gasteiger partial charge in [-0.25, -0.2) is 18.2 Å². The number of carbonyl (C=O) groups excluding carboxylic acids is 2. The molecule has 0 aromatic heterocycles. The maximum Gasteiger partial charge on any atom is 0.326 e. The molecule has 2 heterocycles. The first-order chi connectivity index (χ1) is 14.3. The summed E-state index contributed by atoms with van der Waals surface area (Å²) < 4.78 is 41.8. The van der Waals surface area contributed by atoms with Crippen molar-refractivity contribution in [1.82, 2.24) is 14.9 Å². The molecular weight excluding hydrogens is 415 g/mol. The summed E-state index contributed by atoms with van der Waals surface area (Å²) >= 11 is 0.